The summed E-state index contributed by atoms with van der Waals surface area (Å²) < 4.78 is 0. The van der Waals surface area contributed by atoms with E-state index < -0.39 is 0 Å². The molecule has 3 rings (SSSR count). The maximum Gasteiger partial charge on any atom is 0.223 e. The van der Waals surface area contributed by atoms with Crippen molar-refractivity contribution in [1.82, 2.24) is 10.2 Å². The summed E-state index contributed by atoms with van der Waals surface area (Å²) in [6.07, 6.45) is 6.36. The predicted molar refractivity (Wildman–Crippen MR) is 99.9 cm³/mol. The van der Waals surface area contributed by atoms with Crippen LogP contribution in [0, 0.1) is 0 Å². The molecular formula is C21H28N2O. The number of nitrogens with zero attached hydrogens (tertiary/aromatic N) is 1. The number of fused-ring (bicyclic) bond motifs is 1. The standard InChI is InChI=1S/C21H28N2O/c1-22-15-7-14-21(24)23(19-11-3-4-12-19)16-18-10-6-9-17-8-2-5-13-20(17)18/h2,5-6,8-10,13,19,22H,3-4,7,11-12,14-16H2,1H3. The van der Waals surface area contributed by atoms with E-state index in [2.05, 4.69) is 52.7 Å². The monoisotopic (exact) mass is 324 g/mol. The Labute approximate surface area is 145 Å². The molecule has 0 spiro atoms. The molecule has 0 aliphatic heterocycles. The molecule has 2 aromatic rings. The van der Waals surface area contributed by atoms with Crippen molar-refractivity contribution in [3.05, 3.63) is 48.0 Å². The van der Waals surface area contributed by atoms with Crippen molar-refractivity contribution >= 4 is 16.7 Å². The maximum atomic E-state index is 12.8. The van der Waals surface area contributed by atoms with E-state index >= 15 is 0 Å². The molecule has 3 heteroatoms. The highest BCUT2D eigenvalue weighted by molar-refractivity contribution is 5.86. The zero-order valence-corrected chi connectivity index (χ0v) is 14.6. The largest absolute Gasteiger partial charge is 0.335 e. The van der Waals surface area contributed by atoms with Gasteiger partial charge in [0.25, 0.3) is 0 Å². The molecule has 1 aliphatic rings. The summed E-state index contributed by atoms with van der Waals surface area (Å²) in [6.45, 7) is 1.64. The molecule has 1 amide bonds. The third-order valence-corrected chi connectivity index (χ3v) is 5.12. The van der Waals surface area contributed by atoms with Crippen LogP contribution in [-0.2, 0) is 11.3 Å². The van der Waals surface area contributed by atoms with E-state index in [0.29, 0.717) is 18.4 Å². The van der Waals surface area contributed by atoms with Crippen LogP contribution in [0.3, 0.4) is 0 Å². The van der Waals surface area contributed by atoms with Gasteiger partial charge in [0, 0.05) is 19.0 Å². The second-order valence-corrected chi connectivity index (χ2v) is 6.81. The first-order valence-electron chi connectivity index (χ1n) is 9.20. The van der Waals surface area contributed by atoms with Crippen LogP contribution in [-0.4, -0.2) is 30.4 Å². The van der Waals surface area contributed by atoms with Gasteiger partial charge in [-0.25, -0.2) is 0 Å². The molecule has 128 valence electrons. The molecule has 0 atom stereocenters. The predicted octanol–water partition coefficient (Wildman–Crippen LogP) is 4.11. The molecule has 0 heterocycles. The summed E-state index contributed by atoms with van der Waals surface area (Å²) in [5, 5.41) is 5.66. The van der Waals surface area contributed by atoms with Crippen LogP contribution < -0.4 is 5.32 Å². The maximum absolute atomic E-state index is 12.8. The van der Waals surface area contributed by atoms with E-state index in [1.165, 1.54) is 29.2 Å². The highest BCUT2D eigenvalue weighted by atomic mass is 16.2. The van der Waals surface area contributed by atoms with Gasteiger partial charge in [-0.3, -0.25) is 4.79 Å². The molecule has 1 aliphatic carbocycles. The molecule has 0 aromatic heterocycles. The average molecular weight is 324 g/mol. The second-order valence-electron chi connectivity index (χ2n) is 6.81. The summed E-state index contributed by atoms with van der Waals surface area (Å²) in [7, 11) is 1.94. The van der Waals surface area contributed by atoms with E-state index in [0.717, 1.165) is 32.4 Å². The SMILES string of the molecule is CNCCCC(=O)N(Cc1cccc2ccccc12)C1CCCC1. The molecule has 1 N–H and O–H groups in total. The van der Waals surface area contributed by atoms with Gasteiger partial charge < -0.3 is 10.2 Å². The quantitative estimate of drug-likeness (QED) is 0.777. The molecule has 1 fully saturated rings. The topological polar surface area (TPSA) is 32.3 Å². The van der Waals surface area contributed by atoms with Crippen molar-refractivity contribution < 1.29 is 4.79 Å². The van der Waals surface area contributed by atoms with Gasteiger partial charge in [-0.15, -0.1) is 0 Å². The van der Waals surface area contributed by atoms with Gasteiger partial charge in [-0.05, 0) is 49.2 Å². The van der Waals surface area contributed by atoms with Crippen LogP contribution in [0.2, 0.25) is 0 Å². The summed E-state index contributed by atoms with van der Waals surface area (Å²) in [5.74, 6) is 0.310. The van der Waals surface area contributed by atoms with Gasteiger partial charge >= 0.3 is 0 Å². The average Bonchev–Trinajstić information content (AvgIpc) is 3.14. The fourth-order valence-electron chi connectivity index (χ4n) is 3.81. The Hall–Kier alpha value is -1.87. The minimum absolute atomic E-state index is 0.310. The molecule has 0 radical (unpaired) electrons. The Morgan fingerprint density at radius 1 is 1.12 bits per heavy atom. The van der Waals surface area contributed by atoms with Gasteiger partial charge in [-0.2, -0.15) is 0 Å². The normalized spacial score (nSPS) is 15.0. The van der Waals surface area contributed by atoms with Crippen molar-refractivity contribution in [3.63, 3.8) is 0 Å². The molecule has 0 saturated heterocycles. The van der Waals surface area contributed by atoms with Crippen molar-refractivity contribution in [2.75, 3.05) is 13.6 Å². The molecule has 24 heavy (non-hydrogen) atoms. The third-order valence-electron chi connectivity index (χ3n) is 5.12. The van der Waals surface area contributed by atoms with Crippen molar-refractivity contribution in [2.24, 2.45) is 0 Å². The van der Waals surface area contributed by atoms with E-state index in [4.69, 9.17) is 0 Å². The number of carbonyl (C=O) groups excluding carboxylic acids is 1. The molecule has 0 unspecified atom stereocenters. The van der Waals surface area contributed by atoms with Crippen LogP contribution >= 0.6 is 0 Å². The fourth-order valence-corrected chi connectivity index (χ4v) is 3.81. The lowest BCUT2D eigenvalue weighted by molar-refractivity contribution is -0.134. The van der Waals surface area contributed by atoms with E-state index in [1.54, 1.807) is 0 Å². The number of nitrogens with one attached hydrogen (secondary N) is 1. The van der Waals surface area contributed by atoms with Crippen LogP contribution in [0.1, 0.15) is 44.1 Å². The van der Waals surface area contributed by atoms with E-state index in [9.17, 15) is 4.79 Å². The minimum atomic E-state index is 0.310. The Morgan fingerprint density at radius 3 is 2.67 bits per heavy atom. The third kappa shape index (κ3) is 3.96. The second kappa shape index (κ2) is 8.29. The lowest BCUT2D eigenvalue weighted by Gasteiger charge is -2.30. The van der Waals surface area contributed by atoms with Crippen molar-refractivity contribution in [1.29, 1.82) is 0 Å². The lowest BCUT2D eigenvalue weighted by atomic mass is 10.0. The van der Waals surface area contributed by atoms with Crippen LogP contribution in [0.4, 0.5) is 0 Å². The summed E-state index contributed by atoms with van der Waals surface area (Å²) >= 11 is 0. The smallest absolute Gasteiger partial charge is 0.223 e. The minimum Gasteiger partial charge on any atom is -0.335 e. The van der Waals surface area contributed by atoms with Crippen LogP contribution in [0.25, 0.3) is 10.8 Å². The van der Waals surface area contributed by atoms with Crippen LogP contribution in [0.15, 0.2) is 42.5 Å². The Kier molecular flexibility index (Phi) is 5.86. The Balaban J connectivity index is 1.81. The Bertz CT molecular complexity index is 671. The summed E-state index contributed by atoms with van der Waals surface area (Å²) in [6, 6.07) is 15.3. The highest BCUT2D eigenvalue weighted by Crippen LogP contribution is 2.28. The Morgan fingerprint density at radius 2 is 1.88 bits per heavy atom. The number of rotatable bonds is 7. The fraction of sp³-hybridized carbons (Fsp3) is 0.476. The van der Waals surface area contributed by atoms with Crippen molar-refractivity contribution in [2.45, 2.75) is 51.1 Å². The van der Waals surface area contributed by atoms with Gasteiger partial charge in [0.1, 0.15) is 0 Å². The van der Waals surface area contributed by atoms with Gasteiger partial charge in [0.15, 0.2) is 0 Å². The number of carbonyl (C=O) groups is 1. The highest BCUT2D eigenvalue weighted by Gasteiger charge is 2.26. The number of hydrogen-bond acceptors (Lipinski definition) is 2. The van der Waals surface area contributed by atoms with Gasteiger partial charge in [-0.1, -0.05) is 55.3 Å². The first-order valence-corrected chi connectivity index (χ1v) is 9.20. The first-order chi connectivity index (χ1) is 11.8. The lowest BCUT2D eigenvalue weighted by Crippen LogP contribution is -2.38. The van der Waals surface area contributed by atoms with Crippen molar-refractivity contribution in [3.8, 4) is 0 Å². The number of amides is 1. The summed E-state index contributed by atoms with van der Waals surface area (Å²) in [5.41, 5.74) is 1.27. The molecule has 2 aromatic carbocycles. The van der Waals surface area contributed by atoms with Gasteiger partial charge in [0.2, 0.25) is 5.91 Å². The van der Waals surface area contributed by atoms with E-state index in [-0.39, 0.29) is 0 Å². The van der Waals surface area contributed by atoms with E-state index in [1.807, 2.05) is 7.05 Å². The first kappa shape index (κ1) is 17.0. The zero-order valence-electron chi connectivity index (χ0n) is 14.6. The summed E-state index contributed by atoms with van der Waals surface area (Å²) in [4.78, 5) is 15.0. The number of hydrogen-bond donors (Lipinski definition) is 1. The van der Waals surface area contributed by atoms with Gasteiger partial charge in [0.05, 0.1) is 0 Å². The van der Waals surface area contributed by atoms with Crippen LogP contribution in [0.5, 0.6) is 0 Å². The molecule has 0 bridgehead atoms. The molecular weight excluding hydrogens is 296 g/mol. The molecule has 3 nitrogen and oxygen atoms in total. The number of benzene rings is 2. The molecule has 1 saturated carbocycles. The zero-order chi connectivity index (χ0) is 16.8.